The molecule has 0 amide bonds. The van der Waals surface area contributed by atoms with Crippen molar-refractivity contribution in [2.24, 2.45) is 22.2 Å². The number of aliphatic imine (C=N–C) groups is 1. The lowest BCUT2D eigenvalue weighted by Gasteiger charge is -2.32. The molecule has 23 heavy (non-hydrogen) atoms. The van der Waals surface area contributed by atoms with Crippen LogP contribution in [0.25, 0.3) is 0 Å². The highest BCUT2D eigenvalue weighted by Gasteiger charge is 2.34. The first kappa shape index (κ1) is 18.6. The molecule has 2 aliphatic rings. The summed E-state index contributed by atoms with van der Waals surface area (Å²) in [5.74, 6) is 2.39. The number of nitrogens with zero attached hydrogens (tertiary/aromatic N) is 1. The summed E-state index contributed by atoms with van der Waals surface area (Å²) in [6, 6.07) is 0. The quantitative estimate of drug-likeness (QED) is 0.573. The van der Waals surface area contributed by atoms with Gasteiger partial charge in [-0.15, -0.1) is 0 Å². The Morgan fingerprint density at radius 1 is 1.26 bits per heavy atom. The monoisotopic (exact) mass is 343 g/mol. The lowest BCUT2D eigenvalue weighted by molar-refractivity contribution is 0.234. The second kappa shape index (κ2) is 7.86. The minimum absolute atomic E-state index is 0.217. The standard InChI is InChI=1S/C17H33N3O2S/c1-14(2)10-17(7-4-5-8-17)13-20-16(18-3)19-11-15-6-9-23(21,22)12-15/h14-15H,4-13H2,1-3H3,(H2,18,19,20). The molecular weight excluding hydrogens is 310 g/mol. The van der Waals surface area contributed by atoms with Crippen molar-refractivity contribution in [3.63, 3.8) is 0 Å². The van der Waals surface area contributed by atoms with Crippen molar-refractivity contribution in [1.82, 2.24) is 10.6 Å². The van der Waals surface area contributed by atoms with Gasteiger partial charge in [-0.25, -0.2) is 8.42 Å². The summed E-state index contributed by atoms with van der Waals surface area (Å²) in [5, 5.41) is 6.81. The van der Waals surface area contributed by atoms with E-state index in [9.17, 15) is 8.42 Å². The van der Waals surface area contributed by atoms with E-state index in [1.54, 1.807) is 7.05 Å². The molecule has 0 aromatic heterocycles. The van der Waals surface area contributed by atoms with E-state index in [0.29, 0.717) is 29.4 Å². The van der Waals surface area contributed by atoms with Gasteiger partial charge >= 0.3 is 0 Å². The number of hydrogen-bond donors (Lipinski definition) is 2. The van der Waals surface area contributed by atoms with Crippen molar-refractivity contribution >= 4 is 15.8 Å². The third-order valence-corrected chi connectivity index (χ3v) is 7.08. The normalized spacial score (nSPS) is 26.6. The van der Waals surface area contributed by atoms with E-state index in [1.165, 1.54) is 32.1 Å². The molecule has 1 aliphatic carbocycles. The molecule has 0 aromatic carbocycles. The predicted molar refractivity (Wildman–Crippen MR) is 96.5 cm³/mol. The van der Waals surface area contributed by atoms with E-state index >= 15 is 0 Å². The van der Waals surface area contributed by atoms with Gasteiger partial charge in [0.1, 0.15) is 0 Å². The van der Waals surface area contributed by atoms with Gasteiger partial charge in [0, 0.05) is 20.1 Å². The number of hydrogen-bond acceptors (Lipinski definition) is 3. The fraction of sp³-hybridized carbons (Fsp3) is 0.941. The number of sulfone groups is 1. The van der Waals surface area contributed by atoms with Crippen molar-refractivity contribution in [1.29, 1.82) is 0 Å². The molecule has 1 aliphatic heterocycles. The first-order valence-corrected chi connectivity index (χ1v) is 10.8. The van der Waals surface area contributed by atoms with Gasteiger partial charge in [0.2, 0.25) is 0 Å². The predicted octanol–water partition coefficient (Wildman–Crippen LogP) is 2.19. The lowest BCUT2D eigenvalue weighted by Crippen LogP contribution is -2.44. The Morgan fingerprint density at radius 2 is 1.96 bits per heavy atom. The van der Waals surface area contributed by atoms with Crippen LogP contribution in [0.4, 0.5) is 0 Å². The molecule has 1 atom stereocenters. The van der Waals surface area contributed by atoms with Gasteiger partial charge in [0.25, 0.3) is 0 Å². The van der Waals surface area contributed by atoms with E-state index in [2.05, 4.69) is 29.5 Å². The Morgan fingerprint density at radius 3 is 2.48 bits per heavy atom. The number of nitrogens with one attached hydrogen (secondary N) is 2. The second-order valence-corrected chi connectivity index (χ2v) is 10.1. The Balaban J connectivity index is 1.80. The van der Waals surface area contributed by atoms with Crippen LogP contribution in [0.3, 0.4) is 0 Å². The van der Waals surface area contributed by atoms with Crippen LogP contribution in [0.5, 0.6) is 0 Å². The van der Waals surface area contributed by atoms with Crippen LogP contribution in [0.1, 0.15) is 52.4 Å². The summed E-state index contributed by atoms with van der Waals surface area (Å²) < 4.78 is 23.1. The van der Waals surface area contributed by atoms with Crippen LogP contribution in [0, 0.1) is 17.3 Å². The smallest absolute Gasteiger partial charge is 0.191 e. The first-order valence-electron chi connectivity index (χ1n) is 8.99. The third-order valence-electron chi connectivity index (χ3n) is 5.24. The Kier molecular flexibility index (Phi) is 6.34. The van der Waals surface area contributed by atoms with Gasteiger partial charge in [0.15, 0.2) is 15.8 Å². The van der Waals surface area contributed by atoms with Gasteiger partial charge in [-0.05, 0) is 42.9 Å². The van der Waals surface area contributed by atoms with Gasteiger partial charge in [0.05, 0.1) is 11.5 Å². The molecule has 0 radical (unpaired) electrons. The summed E-state index contributed by atoms with van der Waals surface area (Å²) in [5.41, 5.74) is 0.405. The molecule has 134 valence electrons. The van der Waals surface area contributed by atoms with Crippen molar-refractivity contribution in [2.45, 2.75) is 52.4 Å². The molecule has 6 heteroatoms. The van der Waals surface area contributed by atoms with E-state index in [1.807, 2.05) is 0 Å². The highest BCUT2D eigenvalue weighted by Crippen LogP contribution is 2.42. The summed E-state index contributed by atoms with van der Waals surface area (Å²) in [4.78, 5) is 4.30. The molecule has 0 aromatic rings. The van der Waals surface area contributed by atoms with Crippen LogP contribution in [-0.4, -0.2) is 46.0 Å². The van der Waals surface area contributed by atoms with Crippen LogP contribution in [0.15, 0.2) is 4.99 Å². The largest absolute Gasteiger partial charge is 0.356 e. The van der Waals surface area contributed by atoms with E-state index < -0.39 is 9.84 Å². The Bertz CT molecular complexity index is 508. The molecule has 1 saturated carbocycles. The molecule has 5 nitrogen and oxygen atoms in total. The molecule has 0 bridgehead atoms. The second-order valence-electron chi connectivity index (χ2n) is 7.88. The molecule has 2 rings (SSSR count). The van der Waals surface area contributed by atoms with Crippen molar-refractivity contribution in [3.05, 3.63) is 0 Å². The zero-order valence-electron chi connectivity index (χ0n) is 14.9. The van der Waals surface area contributed by atoms with Gasteiger partial charge in [-0.3, -0.25) is 4.99 Å². The molecular formula is C17H33N3O2S. The summed E-state index contributed by atoms with van der Waals surface area (Å²) >= 11 is 0. The number of rotatable bonds is 6. The summed E-state index contributed by atoms with van der Waals surface area (Å²) in [7, 11) is -1.02. The average molecular weight is 344 g/mol. The highest BCUT2D eigenvalue weighted by atomic mass is 32.2. The molecule has 1 heterocycles. The van der Waals surface area contributed by atoms with E-state index in [-0.39, 0.29) is 5.92 Å². The fourth-order valence-corrected chi connectivity index (χ4v) is 6.07. The Labute approximate surface area is 141 Å². The zero-order valence-corrected chi connectivity index (χ0v) is 15.7. The maximum atomic E-state index is 11.5. The third kappa shape index (κ3) is 5.66. The Hall–Kier alpha value is -0.780. The van der Waals surface area contributed by atoms with Gasteiger partial charge < -0.3 is 10.6 Å². The van der Waals surface area contributed by atoms with Crippen molar-refractivity contribution < 1.29 is 8.42 Å². The number of guanidine groups is 1. The lowest BCUT2D eigenvalue weighted by atomic mass is 9.78. The summed E-state index contributed by atoms with van der Waals surface area (Å²) in [6.07, 6.45) is 7.30. The fourth-order valence-electron chi connectivity index (χ4n) is 4.21. The van der Waals surface area contributed by atoms with Gasteiger partial charge in [-0.2, -0.15) is 0 Å². The molecule has 2 fully saturated rings. The highest BCUT2D eigenvalue weighted by molar-refractivity contribution is 7.91. The molecule has 1 saturated heterocycles. The maximum absolute atomic E-state index is 11.5. The van der Waals surface area contributed by atoms with Crippen molar-refractivity contribution in [2.75, 3.05) is 31.6 Å². The van der Waals surface area contributed by atoms with Crippen LogP contribution < -0.4 is 10.6 Å². The minimum atomic E-state index is -2.80. The van der Waals surface area contributed by atoms with Gasteiger partial charge in [-0.1, -0.05) is 26.7 Å². The van der Waals surface area contributed by atoms with Crippen molar-refractivity contribution in [3.8, 4) is 0 Å². The molecule has 0 spiro atoms. The van der Waals surface area contributed by atoms with Crippen LogP contribution in [-0.2, 0) is 9.84 Å². The molecule has 1 unspecified atom stereocenters. The van der Waals surface area contributed by atoms with Crippen LogP contribution >= 0.6 is 0 Å². The van der Waals surface area contributed by atoms with Crippen LogP contribution in [0.2, 0.25) is 0 Å². The van der Waals surface area contributed by atoms with E-state index in [0.717, 1.165) is 18.9 Å². The minimum Gasteiger partial charge on any atom is -0.356 e. The topological polar surface area (TPSA) is 70.6 Å². The first-order chi connectivity index (χ1) is 10.8. The maximum Gasteiger partial charge on any atom is 0.191 e. The molecule has 2 N–H and O–H groups in total. The summed E-state index contributed by atoms with van der Waals surface area (Å²) in [6.45, 7) is 6.26. The SMILES string of the molecule is CN=C(NCC1CCS(=O)(=O)C1)NCC1(CC(C)C)CCCC1. The van der Waals surface area contributed by atoms with E-state index in [4.69, 9.17) is 0 Å². The average Bonchev–Trinajstić information content (AvgIpc) is 3.05. The zero-order chi connectivity index (χ0) is 16.9.